The molecule has 1 aromatic carbocycles. The molecule has 0 radical (unpaired) electrons. The van der Waals surface area contributed by atoms with Gasteiger partial charge >= 0.3 is 0 Å². The third kappa shape index (κ3) is 3.83. The molecule has 0 saturated carbocycles. The number of hydrogen-bond acceptors (Lipinski definition) is 1. The molecule has 0 aromatic heterocycles. The van der Waals surface area contributed by atoms with Gasteiger partial charge in [-0.3, -0.25) is 0 Å². The Labute approximate surface area is 107 Å². The van der Waals surface area contributed by atoms with Crippen molar-refractivity contribution < 1.29 is 0 Å². The lowest BCUT2D eigenvalue weighted by Crippen LogP contribution is -2.36. The maximum Gasteiger partial charge on any atom is 0.169 e. The molecule has 0 fully saturated rings. The molecule has 0 aliphatic rings. The lowest BCUT2D eigenvalue weighted by molar-refractivity contribution is 0.492. The number of nitrogens with one attached hydrogen (secondary N) is 1. The SMILES string of the molecule is C=CCNC(=S)N(C)Cc1ccccc1Cl. The second-order valence-corrected chi connectivity index (χ2v) is 4.22. The topological polar surface area (TPSA) is 15.3 Å². The highest BCUT2D eigenvalue weighted by Crippen LogP contribution is 2.16. The molecule has 0 atom stereocenters. The van der Waals surface area contributed by atoms with E-state index in [1.54, 1.807) is 6.08 Å². The Hall–Kier alpha value is -1.06. The van der Waals surface area contributed by atoms with Crippen LogP contribution in [-0.2, 0) is 6.54 Å². The molecule has 0 spiro atoms. The Bertz CT molecular complexity index is 379. The second-order valence-electron chi connectivity index (χ2n) is 3.42. The molecule has 0 amide bonds. The highest BCUT2D eigenvalue weighted by atomic mass is 35.5. The Morgan fingerprint density at radius 1 is 1.56 bits per heavy atom. The van der Waals surface area contributed by atoms with E-state index < -0.39 is 0 Å². The standard InChI is InChI=1S/C12H15ClN2S/c1-3-8-14-12(16)15(2)9-10-6-4-5-7-11(10)13/h3-7H,1,8-9H2,2H3,(H,14,16). The summed E-state index contributed by atoms with van der Waals surface area (Å²) in [5, 5.41) is 4.53. The quantitative estimate of drug-likeness (QED) is 0.657. The van der Waals surface area contributed by atoms with Gasteiger partial charge in [-0.2, -0.15) is 0 Å². The average molecular weight is 255 g/mol. The normalized spacial score (nSPS) is 9.62. The minimum atomic E-state index is 0.672. The van der Waals surface area contributed by atoms with E-state index >= 15 is 0 Å². The number of thiocarbonyl (C=S) groups is 1. The van der Waals surface area contributed by atoms with E-state index in [1.807, 2.05) is 36.2 Å². The Balaban J connectivity index is 2.57. The molecule has 1 N–H and O–H groups in total. The van der Waals surface area contributed by atoms with Crippen molar-refractivity contribution in [3.05, 3.63) is 47.5 Å². The number of nitrogens with zero attached hydrogens (tertiary/aromatic N) is 1. The number of rotatable bonds is 4. The van der Waals surface area contributed by atoms with Gasteiger partial charge in [0, 0.05) is 25.2 Å². The number of halogens is 1. The van der Waals surface area contributed by atoms with Crippen LogP contribution in [-0.4, -0.2) is 23.6 Å². The summed E-state index contributed by atoms with van der Waals surface area (Å²) in [6.07, 6.45) is 1.77. The van der Waals surface area contributed by atoms with Crippen molar-refractivity contribution in [1.29, 1.82) is 0 Å². The van der Waals surface area contributed by atoms with Crippen LogP contribution in [0.4, 0.5) is 0 Å². The third-order valence-electron chi connectivity index (χ3n) is 2.11. The molecule has 1 rings (SSSR count). The van der Waals surface area contributed by atoms with Gasteiger partial charge < -0.3 is 10.2 Å². The average Bonchev–Trinajstić information content (AvgIpc) is 2.28. The van der Waals surface area contributed by atoms with Crippen LogP contribution in [0.2, 0.25) is 5.02 Å². The van der Waals surface area contributed by atoms with Crippen LogP contribution in [0.1, 0.15) is 5.56 Å². The van der Waals surface area contributed by atoms with Gasteiger partial charge in [0.05, 0.1) is 0 Å². The molecule has 16 heavy (non-hydrogen) atoms. The van der Waals surface area contributed by atoms with Crippen molar-refractivity contribution in [3.63, 3.8) is 0 Å². The summed E-state index contributed by atoms with van der Waals surface area (Å²) in [5.41, 5.74) is 1.06. The smallest absolute Gasteiger partial charge is 0.169 e. The van der Waals surface area contributed by atoms with Crippen LogP contribution in [0.15, 0.2) is 36.9 Å². The first kappa shape index (κ1) is 13.0. The Morgan fingerprint density at radius 3 is 2.88 bits per heavy atom. The fourth-order valence-electron chi connectivity index (χ4n) is 1.25. The van der Waals surface area contributed by atoms with E-state index in [1.165, 1.54) is 0 Å². The minimum Gasteiger partial charge on any atom is -0.359 e. The predicted octanol–water partition coefficient (Wildman–Crippen LogP) is 2.83. The van der Waals surface area contributed by atoms with Gasteiger partial charge in [-0.25, -0.2) is 0 Å². The molecule has 0 aliphatic heterocycles. The zero-order valence-electron chi connectivity index (χ0n) is 9.24. The maximum absolute atomic E-state index is 6.07. The Morgan fingerprint density at radius 2 is 2.25 bits per heavy atom. The van der Waals surface area contributed by atoms with E-state index in [2.05, 4.69) is 11.9 Å². The van der Waals surface area contributed by atoms with Gasteiger partial charge in [-0.15, -0.1) is 6.58 Å². The van der Waals surface area contributed by atoms with Crippen LogP contribution in [0.25, 0.3) is 0 Å². The zero-order chi connectivity index (χ0) is 12.0. The van der Waals surface area contributed by atoms with E-state index in [0.29, 0.717) is 18.2 Å². The summed E-state index contributed by atoms with van der Waals surface area (Å²) in [7, 11) is 1.93. The van der Waals surface area contributed by atoms with Crippen molar-refractivity contribution in [2.75, 3.05) is 13.6 Å². The molecule has 86 valence electrons. The third-order valence-corrected chi connectivity index (χ3v) is 2.93. The predicted molar refractivity (Wildman–Crippen MR) is 73.7 cm³/mol. The van der Waals surface area contributed by atoms with Gasteiger partial charge in [-0.1, -0.05) is 35.9 Å². The maximum atomic E-state index is 6.07. The molecule has 0 saturated heterocycles. The van der Waals surface area contributed by atoms with Gasteiger partial charge in [-0.05, 0) is 23.8 Å². The van der Waals surface area contributed by atoms with Crippen molar-refractivity contribution in [2.45, 2.75) is 6.54 Å². The summed E-state index contributed by atoms with van der Waals surface area (Å²) < 4.78 is 0. The minimum absolute atomic E-state index is 0.672. The van der Waals surface area contributed by atoms with Crippen LogP contribution in [0.5, 0.6) is 0 Å². The first-order chi connectivity index (χ1) is 7.65. The van der Waals surface area contributed by atoms with E-state index in [-0.39, 0.29) is 0 Å². The zero-order valence-corrected chi connectivity index (χ0v) is 10.8. The first-order valence-electron chi connectivity index (χ1n) is 4.98. The molecule has 0 heterocycles. The van der Waals surface area contributed by atoms with E-state index in [9.17, 15) is 0 Å². The molecule has 0 bridgehead atoms. The number of benzene rings is 1. The van der Waals surface area contributed by atoms with Gasteiger partial charge in [0.15, 0.2) is 5.11 Å². The highest BCUT2D eigenvalue weighted by Gasteiger charge is 2.06. The lowest BCUT2D eigenvalue weighted by atomic mass is 10.2. The van der Waals surface area contributed by atoms with Crippen molar-refractivity contribution in [2.24, 2.45) is 0 Å². The fraction of sp³-hybridized carbons (Fsp3) is 0.250. The summed E-state index contributed by atoms with van der Waals surface area (Å²) in [6, 6.07) is 7.76. The molecular formula is C12H15ClN2S. The van der Waals surface area contributed by atoms with E-state index in [0.717, 1.165) is 10.6 Å². The summed E-state index contributed by atoms with van der Waals surface area (Å²) in [5.74, 6) is 0. The molecule has 4 heteroatoms. The molecule has 1 aromatic rings. The van der Waals surface area contributed by atoms with Crippen molar-refractivity contribution in [3.8, 4) is 0 Å². The molecule has 2 nitrogen and oxygen atoms in total. The van der Waals surface area contributed by atoms with Gasteiger partial charge in [0.2, 0.25) is 0 Å². The monoisotopic (exact) mass is 254 g/mol. The summed E-state index contributed by atoms with van der Waals surface area (Å²) in [6.45, 7) is 5.00. The first-order valence-corrected chi connectivity index (χ1v) is 5.77. The van der Waals surface area contributed by atoms with Gasteiger partial charge in [0.1, 0.15) is 0 Å². The van der Waals surface area contributed by atoms with Crippen LogP contribution in [0, 0.1) is 0 Å². The molecular weight excluding hydrogens is 240 g/mol. The van der Waals surface area contributed by atoms with Crippen molar-refractivity contribution >= 4 is 28.9 Å². The van der Waals surface area contributed by atoms with Crippen LogP contribution >= 0.6 is 23.8 Å². The fourth-order valence-corrected chi connectivity index (χ4v) is 1.59. The van der Waals surface area contributed by atoms with Crippen LogP contribution in [0.3, 0.4) is 0 Å². The highest BCUT2D eigenvalue weighted by molar-refractivity contribution is 7.80. The van der Waals surface area contributed by atoms with E-state index in [4.69, 9.17) is 23.8 Å². The second kappa shape index (κ2) is 6.51. The summed E-state index contributed by atoms with van der Waals surface area (Å²) >= 11 is 11.3. The lowest BCUT2D eigenvalue weighted by Gasteiger charge is -2.21. The van der Waals surface area contributed by atoms with Gasteiger partial charge in [0.25, 0.3) is 0 Å². The Kier molecular flexibility index (Phi) is 5.29. The molecule has 0 aliphatic carbocycles. The largest absolute Gasteiger partial charge is 0.359 e. The van der Waals surface area contributed by atoms with Crippen LogP contribution < -0.4 is 5.32 Å². The summed E-state index contributed by atoms with van der Waals surface area (Å²) in [4.78, 5) is 1.94. The van der Waals surface area contributed by atoms with Crippen molar-refractivity contribution in [1.82, 2.24) is 10.2 Å². The number of hydrogen-bond donors (Lipinski definition) is 1. The molecule has 0 unspecified atom stereocenters.